The van der Waals surface area contributed by atoms with Crippen LogP contribution < -0.4 is 5.32 Å². The zero-order chi connectivity index (χ0) is 11.7. The highest BCUT2D eigenvalue weighted by atomic mass is 14.9. The van der Waals surface area contributed by atoms with E-state index in [2.05, 4.69) is 39.6 Å². The van der Waals surface area contributed by atoms with Crippen LogP contribution in [0.25, 0.3) is 0 Å². The highest BCUT2D eigenvalue weighted by Crippen LogP contribution is 2.12. The van der Waals surface area contributed by atoms with Crippen LogP contribution in [-0.4, -0.2) is 6.54 Å². The van der Waals surface area contributed by atoms with E-state index in [4.69, 9.17) is 0 Å². The lowest BCUT2D eigenvalue weighted by atomic mass is 10.0. The number of hydrogen-bond donors (Lipinski definition) is 1. The van der Waals surface area contributed by atoms with Gasteiger partial charge in [0.25, 0.3) is 0 Å². The summed E-state index contributed by atoms with van der Waals surface area (Å²) in [4.78, 5) is 0. The highest BCUT2D eigenvalue weighted by molar-refractivity contribution is 4.95. The summed E-state index contributed by atoms with van der Waals surface area (Å²) in [5.74, 6) is 1.38. The Balaban J connectivity index is 3.52. The molecule has 15 heavy (non-hydrogen) atoms. The molecule has 0 bridgehead atoms. The number of hydrogen-bond acceptors (Lipinski definition) is 1. The van der Waals surface area contributed by atoms with Crippen LogP contribution in [-0.2, 0) is 0 Å². The van der Waals surface area contributed by atoms with Gasteiger partial charge in [-0.25, -0.2) is 0 Å². The van der Waals surface area contributed by atoms with E-state index in [1.165, 1.54) is 37.8 Å². The minimum absolute atomic E-state index is 0.604. The molecule has 1 N–H and O–H groups in total. The van der Waals surface area contributed by atoms with Gasteiger partial charge < -0.3 is 5.32 Å². The average Bonchev–Trinajstić information content (AvgIpc) is 2.25. The second-order valence-electron chi connectivity index (χ2n) is 4.82. The quantitative estimate of drug-likeness (QED) is 0.559. The Bertz CT molecular complexity index is 163. The Hall–Kier alpha value is -0.460. The van der Waals surface area contributed by atoms with Crippen LogP contribution in [0.2, 0.25) is 0 Å². The van der Waals surface area contributed by atoms with Crippen LogP contribution in [0, 0.1) is 11.8 Å². The first kappa shape index (κ1) is 14.5. The Morgan fingerprint density at radius 2 is 1.87 bits per heavy atom. The highest BCUT2D eigenvalue weighted by Gasteiger charge is 2.05. The lowest BCUT2D eigenvalue weighted by Gasteiger charge is -2.18. The van der Waals surface area contributed by atoms with Crippen molar-refractivity contribution in [2.45, 2.75) is 59.8 Å². The number of rotatable bonds is 9. The van der Waals surface area contributed by atoms with E-state index in [1.807, 2.05) is 0 Å². The summed E-state index contributed by atoms with van der Waals surface area (Å²) < 4.78 is 0. The summed E-state index contributed by atoms with van der Waals surface area (Å²) >= 11 is 0. The third-order valence-electron chi connectivity index (χ3n) is 3.19. The predicted molar refractivity (Wildman–Crippen MR) is 69.9 cm³/mol. The number of allylic oxidation sites excluding steroid dienone is 1. The van der Waals surface area contributed by atoms with E-state index < -0.39 is 0 Å². The van der Waals surface area contributed by atoms with Gasteiger partial charge in [-0.3, -0.25) is 0 Å². The SMILES string of the molecule is C=C(NCC(C)CCCCC)C(C)CC. The van der Waals surface area contributed by atoms with Crippen LogP contribution in [0.3, 0.4) is 0 Å². The smallest absolute Gasteiger partial charge is 0.0169 e. The van der Waals surface area contributed by atoms with E-state index in [0.29, 0.717) is 5.92 Å². The molecule has 90 valence electrons. The summed E-state index contributed by atoms with van der Waals surface area (Å²) in [6.45, 7) is 14.2. The van der Waals surface area contributed by atoms with Crippen molar-refractivity contribution in [2.24, 2.45) is 11.8 Å². The van der Waals surface area contributed by atoms with Gasteiger partial charge in [-0.15, -0.1) is 0 Å². The molecule has 0 saturated heterocycles. The minimum Gasteiger partial charge on any atom is -0.388 e. The standard InChI is InChI=1S/C14H29N/c1-6-8-9-10-12(3)11-15-14(5)13(4)7-2/h12-13,15H,5-11H2,1-4H3. The molecule has 0 rings (SSSR count). The van der Waals surface area contributed by atoms with Crippen LogP contribution >= 0.6 is 0 Å². The molecule has 2 unspecified atom stereocenters. The maximum Gasteiger partial charge on any atom is 0.0169 e. The number of unbranched alkanes of at least 4 members (excludes halogenated alkanes) is 2. The minimum atomic E-state index is 0.604. The molecule has 0 radical (unpaired) electrons. The monoisotopic (exact) mass is 211 g/mol. The first-order valence-electron chi connectivity index (χ1n) is 6.54. The van der Waals surface area contributed by atoms with Gasteiger partial charge in [0.2, 0.25) is 0 Å². The maximum atomic E-state index is 4.08. The Morgan fingerprint density at radius 1 is 1.20 bits per heavy atom. The van der Waals surface area contributed by atoms with E-state index in [0.717, 1.165) is 12.5 Å². The van der Waals surface area contributed by atoms with Crippen molar-refractivity contribution in [3.05, 3.63) is 12.3 Å². The molecule has 0 aromatic rings. The molecule has 0 heterocycles. The first-order valence-corrected chi connectivity index (χ1v) is 6.54. The molecule has 0 amide bonds. The summed E-state index contributed by atoms with van der Waals surface area (Å²) in [5, 5.41) is 3.47. The van der Waals surface area contributed by atoms with E-state index in [1.54, 1.807) is 0 Å². The molecule has 0 aliphatic carbocycles. The average molecular weight is 211 g/mol. The lowest BCUT2D eigenvalue weighted by Crippen LogP contribution is -2.23. The summed E-state index contributed by atoms with van der Waals surface area (Å²) in [6, 6.07) is 0. The Kier molecular flexibility index (Phi) is 8.55. The summed E-state index contributed by atoms with van der Waals surface area (Å²) in [7, 11) is 0. The van der Waals surface area contributed by atoms with Gasteiger partial charge in [-0.05, 0) is 24.7 Å². The number of nitrogens with one attached hydrogen (secondary N) is 1. The molecular weight excluding hydrogens is 182 g/mol. The second kappa shape index (κ2) is 8.82. The van der Waals surface area contributed by atoms with Gasteiger partial charge in [-0.2, -0.15) is 0 Å². The van der Waals surface area contributed by atoms with Gasteiger partial charge in [-0.1, -0.05) is 53.5 Å². The normalized spacial score (nSPS) is 14.7. The van der Waals surface area contributed by atoms with E-state index in [9.17, 15) is 0 Å². The van der Waals surface area contributed by atoms with Crippen molar-refractivity contribution >= 4 is 0 Å². The Labute approximate surface area is 96.3 Å². The molecule has 0 aromatic heterocycles. The molecule has 0 aliphatic rings. The molecule has 2 atom stereocenters. The van der Waals surface area contributed by atoms with E-state index in [-0.39, 0.29) is 0 Å². The third-order valence-corrected chi connectivity index (χ3v) is 3.19. The lowest BCUT2D eigenvalue weighted by molar-refractivity contribution is 0.460. The molecule has 0 saturated carbocycles. The zero-order valence-electron chi connectivity index (χ0n) is 11.1. The maximum absolute atomic E-state index is 4.08. The third kappa shape index (κ3) is 7.47. The molecule has 0 fully saturated rings. The van der Waals surface area contributed by atoms with Crippen LogP contribution in [0.5, 0.6) is 0 Å². The van der Waals surface area contributed by atoms with Crippen molar-refractivity contribution in [1.82, 2.24) is 5.32 Å². The predicted octanol–water partition coefficient (Wildman–Crippen LogP) is 4.35. The summed E-state index contributed by atoms with van der Waals surface area (Å²) in [5.41, 5.74) is 1.21. The Morgan fingerprint density at radius 3 is 2.40 bits per heavy atom. The fraction of sp³-hybridized carbons (Fsp3) is 0.857. The van der Waals surface area contributed by atoms with Gasteiger partial charge in [0.15, 0.2) is 0 Å². The van der Waals surface area contributed by atoms with Gasteiger partial charge in [0, 0.05) is 12.2 Å². The van der Waals surface area contributed by atoms with Gasteiger partial charge in [0.05, 0.1) is 0 Å². The van der Waals surface area contributed by atoms with Gasteiger partial charge >= 0.3 is 0 Å². The fourth-order valence-corrected chi connectivity index (χ4v) is 1.57. The van der Waals surface area contributed by atoms with Crippen molar-refractivity contribution in [3.63, 3.8) is 0 Å². The molecular formula is C14H29N. The topological polar surface area (TPSA) is 12.0 Å². The van der Waals surface area contributed by atoms with Crippen molar-refractivity contribution in [3.8, 4) is 0 Å². The van der Waals surface area contributed by atoms with Crippen molar-refractivity contribution in [1.29, 1.82) is 0 Å². The molecule has 1 heteroatoms. The summed E-state index contributed by atoms with van der Waals surface area (Å²) in [6.07, 6.45) is 6.58. The zero-order valence-corrected chi connectivity index (χ0v) is 11.1. The van der Waals surface area contributed by atoms with Crippen molar-refractivity contribution in [2.75, 3.05) is 6.54 Å². The fourth-order valence-electron chi connectivity index (χ4n) is 1.57. The molecule has 1 nitrogen and oxygen atoms in total. The van der Waals surface area contributed by atoms with Crippen LogP contribution in [0.15, 0.2) is 12.3 Å². The molecule has 0 aromatic carbocycles. The first-order chi connectivity index (χ1) is 7.11. The van der Waals surface area contributed by atoms with Crippen molar-refractivity contribution < 1.29 is 0 Å². The van der Waals surface area contributed by atoms with E-state index >= 15 is 0 Å². The van der Waals surface area contributed by atoms with Gasteiger partial charge in [0.1, 0.15) is 0 Å². The second-order valence-corrected chi connectivity index (χ2v) is 4.82. The molecule has 0 spiro atoms. The van der Waals surface area contributed by atoms with Crippen LogP contribution in [0.4, 0.5) is 0 Å². The van der Waals surface area contributed by atoms with Crippen LogP contribution in [0.1, 0.15) is 59.8 Å². The molecule has 0 aliphatic heterocycles. The largest absolute Gasteiger partial charge is 0.388 e.